The number of rotatable bonds is 7. The minimum Gasteiger partial charge on any atom is -0.495 e. The molecule has 2 N–H and O–H groups in total. The number of halogens is 3. The molecule has 1 fully saturated rings. The third-order valence-electron chi connectivity index (χ3n) is 6.27. The van der Waals surface area contributed by atoms with Crippen molar-refractivity contribution in [3.8, 4) is 17.2 Å². The van der Waals surface area contributed by atoms with Crippen molar-refractivity contribution < 1.29 is 40.6 Å². The first-order valence-electron chi connectivity index (χ1n) is 11.0. The number of sulfonamides is 1. The highest BCUT2D eigenvalue weighted by Crippen LogP contribution is 2.43. The number of nitrogens with one attached hydrogen (secondary N) is 1. The summed E-state index contributed by atoms with van der Waals surface area (Å²) in [5.41, 5.74) is 1.37. The van der Waals surface area contributed by atoms with Crippen molar-refractivity contribution in [2.24, 2.45) is 5.92 Å². The van der Waals surface area contributed by atoms with Gasteiger partial charge in [-0.25, -0.2) is 4.79 Å². The smallest absolute Gasteiger partial charge is 0.391 e. The Morgan fingerprint density at radius 2 is 1.78 bits per heavy atom. The molecule has 3 aromatic rings. The highest BCUT2D eigenvalue weighted by Gasteiger charge is 2.41. The normalized spacial score (nSPS) is 18.6. The van der Waals surface area contributed by atoms with E-state index < -0.39 is 33.1 Å². The van der Waals surface area contributed by atoms with Crippen molar-refractivity contribution in [2.45, 2.75) is 42.8 Å². The van der Waals surface area contributed by atoms with Crippen molar-refractivity contribution in [1.82, 2.24) is 4.98 Å². The van der Waals surface area contributed by atoms with Crippen molar-refractivity contribution in [3.05, 3.63) is 59.9 Å². The molecule has 0 spiro atoms. The van der Waals surface area contributed by atoms with Crippen molar-refractivity contribution >= 4 is 21.7 Å². The third kappa shape index (κ3) is 5.48. The van der Waals surface area contributed by atoms with Gasteiger partial charge >= 0.3 is 12.1 Å². The Balaban J connectivity index is 1.46. The van der Waals surface area contributed by atoms with E-state index in [0.717, 1.165) is 11.8 Å². The number of oxazole rings is 1. The van der Waals surface area contributed by atoms with E-state index in [2.05, 4.69) is 9.71 Å². The number of alkyl halides is 3. The second-order valence-electron chi connectivity index (χ2n) is 8.53. The summed E-state index contributed by atoms with van der Waals surface area (Å²) in [7, 11) is -2.91. The molecular weight excluding hydrogens is 501 g/mol. The molecule has 0 saturated heterocycles. The van der Waals surface area contributed by atoms with Gasteiger partial charge in [-0.05, 0) is 67.5 Å². The van der Waals surface area contributed by atoms with Gasteiger partial charge in [0.1, 0.15) is 12.0 Å². The lowest BCUT2D eigenvalue weighted by Crippen LogP contribution is -2.27. The number of hydrogen-bond acceptors (Lipinski definition) is 6. The summed E-state index contributed by atoms with van der Waals surface area (Å²) in [6.07, 6.45) is -2.07. The lowest BCUT2D eigenvalue weighted by Gasteiger charge is -2.30. The van der Waals surface area contributed by atoms with Gasteiger partial charge in [-0.1, -0.05) is 12.1 Å². The molecule has 1 aromatic heterocycles. The molecular formula is C24H23F3N2O6S. The number of carboxylic acids is 1. The predicted octanol–water partition coefficient (Wildman–Crippen LogP) is 5.69. The number of aromatic nitrogens is 1. The first-order valence-corrected chi connectivity index (χ1v) is 12.5. The van der Waals surface area contributed by atoms with Crippen LogP contribution in [0.1, 0.15) is 47.5 Å². The standard InChI is InChI=1S/C24H23F3N2O6S/c1-34-20-12-17(23(30)31)8-11-19(20)29-36(32,33)21-13-35-22(28-21)16-4-2-14(3-5-16)15-6-9-18(10-7-15)24(25,26)27/h2-5,8,11-13,15,18,29H,6-7,9-10H2,1H3,(H,30,31)/t15-,18+. The molecule has 1 saturated carbocycles. The van der Waals surface area contributed by atoms with Gasteiger partial charge in [0.05, 0.1) is 24.3 Å². The Morgan fingerprint density at radius 1 is 1.11 bits per heavy atom. The zero-order chi connectivity index (χ0) is 26.1. The summed E-state index contributed by atoms with van der Waals surface area (Å²) in [4.78, 5) is 15.2. The van der Waals surface area contributed by atoms with Crippen LogP contribution in [0.2, 0.25) is 0 Å². The van der Waals surface area contributed by atoms with Gasteiger partial charge in [-0.2, -0.15) is 26.6 Å². The van der Waals surface area contributed by atoms with Crippen LogP contribution in [0.4, 0.5) is 18.9 Å². The lowest BCUT2D eigenvalue weighted by molar-refractivity contribution is -0.182. The number of carbonyl (C=O) groups is 1. The summed E-state index contributed by atoms with van der Waals surface area (Å²) in [5, 5.41) is 8.70. The molecule has 0 atom stereocenters. The fourth-order valence-electron chi connectivity index (χ4n) is 4.27. The highest BCUT2D eigenvalue weighted by atomic mass is 32.2. The summed E-state index contributed by atoms with van der Waals surface area (Å²) < 4.78 is 77.1. The second-order valence-corrected chi connectivity index (χ2v) is 10.2. The maximum absolute atomic E-state index is 12.9. The molecule has 2 aromatic carbocycles. The molecule has 4 rings (SSSR count). The molecule has 0 unspecified atom stereocenters. The van der Waals surface area contributed by atoms with Crippen LogP contribution in [-0.2, 0) is 10.0 Å². The van der Waals surface area contributed by atoms with E-state index >= 15 is 0 Å². The second kappa shape index (κ2) is 9.84. The maximum Gasteiger partial charge on any atom is 0.391 e. The fraction of sp³-hybridized carbons (Fsp3) is 0.333. The summed E-state index contributed by atoms with van der Waals surface area (Å²) >= 11 is 0. The van der Waals surface area contributed by atoms with E-state index in [1.54, 1.807) is 24.3 Å². The van der Waals surface area contributed by atoms with Crippen LogP contribution in [0.25, 0.3) is 11.5 Å². The van der Waals surface area contributed by atoms with Crippen LogP contribution in [0, 0.1) is 5.92 Å². The van der Waals surface area contributed by atoms with Gasteiger partial charge in [0.15, 0.2) is 0 Å². The van der Waals surface area contributed by atoms with Crippen LogP contribution in [0.15, 0.2) is 58.2 Å². The molecule has 192 valence electrons. The Labute approximate surface area is 205 Å². The molecule has 1 heterocycles. The summed E-state index contributed by atoms with van der Waals surface area (Å²) in [5.74, 6) is -2.34. The molecule has 8 nitrogen and oxygen atoms in total. The number of nitrogens with zero attached hydrogens (tertiary/aromatic N) is 1. The lowest BCUT2D eigenvalue weighted by atomic mass is 9.78. The minimum atomic E-state index is -4.18. The van der Waals surface area contributed by atoms with Crippen LogP contribution in [-0.4, -0.2) is 37.8 Å². The Kier molecular flexibility index (Phi) is 6.98. The highest BCUT2D eigenvalue weighted by molar-refractivity contribution is 7.92. The molecule has 1 aliphatic rings. The minimum absolute atomic E-state index is 0.0158. The summed E-state index contributed by atoms with van der Waals surface area (Å²) in [6.45, 7) is 0. The first-order chi connectivity index (χ1) is 17.0. The van der Waals surface area contributed by atoms with E-state index in [0.29, 0.717) is 18.4 Å². The number of carboxylic acid groups (broad SMARTS) is 1. The van der Waals surface area contributed by atoms with Crippen molar-refractivity contribution in [2.75, 3.05) is 11.8 Å². The number of ether oxygens (including phenoxy) is 1. The van der Waals surface area contributed by atoms with Crippen LogP contribution in [0.3, 0.4) is 0 Å². The number of anilines is 1. The van der Waals surface area contributed by atoms with E-state index in [9.17, 15) is 26.4 Å². The van der Waals surface area contributed by atoms with E-state index in [-0.39, 0.29) is 41.7 Å². The average molecular weight is 525 g/mol. The monoisotopic (exact) mass is 524 g/mol. The average Bonchev–Trinajstić information content (AvgIpc) is 3.35. The van der Waals surface area contributed by atoms with Crippen LogP contribution < -0.4 is 9.46 Å². The molecule has 36 heavy (non-hydrogen) atoms. The van der Waals surface area contributed by atoms with Gasteiger partial charge in [-0.15, -0.1) is 0 Å². The Bertz CT molecular complexity index is 1340. The predicted molar refractivity (Wildman–Crippen MR) is 123 cm³/mol. The number of benzene rings is 2. The van der Waals surface area contributed by atoms with Gasteiger partial charge in [0.2, 0.25) is 10.9 Å². The molecule has 12 heteroatoms. The van der Waals surface area contributed by atoms with E-state index in [1.165, 1.54) is 25.3 Å². The fourth-order valence-corrected chi connectivity index (χ4v) is 5.21. The zero-order valence-electron chi connectivity index (χ0n) is 19.1. The van der Waals surface area contributed by atoms with Crippen molar-refractivity contribution in [3.63, 3.8) is 0 Å². The van der Waals surface area contributed by atoms with E-state index in [4.69, 9.17) is 14.3 Å². The van der Waals surface area contributed by atoms with Gasteiger partial charge in [0.25, 0.3) is 10.0 Å². The SMILES string of the molecule is COc1cc(C(=O)O)ccc1NS(=O)(=O)c1coc(-c2ccc([C@H]3CC[C@@H](C(F)(F)F)CC3)cc2)n1. The quantitative estimate of drug-likeness (QED) is 0.408. The number of hydrogen-bond donors (Lipinski definition) is 2. The van der Waals surface area contributed by atoms with Crippen LogP contribution >= 0.6 is 0 Å². The Hall–Kier alpha value is -3.54. The molecule has 1 aliphatic carbocycles. The van der Waals surface area contributed by atoms with Gasteiger partial charge < -0.3 is 14.3 Å². The van der Waals surface area contributed by atoms with Crippen LogP contribution in [0.5, 0.6) is 5.75 Å². The number of methoxy groups -OCH3 is 1. The maximum atomic E-state index is 12.9. The molecule has 0 bridgehead atoms. The van der Waals surface area contributed by atoms with Crippen molar-refractivity contribution in [1.29, 1.82) is 0 Å². The topological polar surface area (TPSA) is 119 Å². The van der Waals surface area contributed by atoms with E-state index in [1.807, 2.05) is 0 Å². The molecule has 0 amide bonds. The van der Waals surface area contributed by atoms with Gasteiger partial charge in [-0.3, -0.25) is 4.72 Å². The molecule has 0 aliphatic heterocycles. The first kappa shape index (κ1) is 25.5. The third-order valence-corrected chi connectivity index (χ3v) is 7.50. The summed E-state index contributed by atoms with van der Waals surface area (Å²) in [6, 6.07) is 10.6. The largest absolute Gasteiger partial charge is 0.495 e. The van der Waals surface area contributed by atoms with Gasteiger partial charge in [0, 0.05) is 5.56 Å². The number of aromatic carboxylic acids is 1. The zero-order valence-corrected chi connectivity index (χ0v) is 19.9. The molecule has 0 radical (unpaired) electrons. The Morgan fingerprint density at radius 3 is 2.36 bits per heavy atom.